The predicted molar refractivity (Wildman–Crippen MR) is 169 cm³/mol. The van der Waals surface area contributed by atoms with E-state index in [1.165, 1.54) is 10.7 Å². The summed E-state index contributed by atoms with van der Waals surface area (Å²) in [5, 5.41) is 18.4. The summed E-state index contributed by atoms with van der Waals surface area (Å²) in [5.74, 6) is -1.09. The fourth-order valence-corrected chi connectivity index (χ4v) is 5.62. The molecule has 0 radical (unpaired) electrons. The Morgan fingerprint density at radius 1 is 1.21 bits per heavy atom. The van der Waals surface area contributed by atoms with Crippen molar-refractivity contribution in [1.29, 1.82) is 5.41 Å². The number of nitrogens with zero attached hydrogens (tertiary/aromatic N) is 4. The molecule has 13 heteroatoms. The summed E-state index contributed by atoms with van der Waals surface area (Å²) in [4.78, 5) is 30.4. The minimum atomic E-state index is -1.29. The second-order valence-corrected chi connectivity index (χ2v) is 13.7. The smallest absolute Gasteiger partial charge is 0.410 e. The normalized spacial score (nSPS) is 18.7. The van der Waals surface area contributed by atoms with Gasteiger partial charge in [0.15, 0.2) is 5.82 Å². The highest BCUT2D eigenvalue weighted by molar-refractivity contribution is 7.85. The zero-order valence-electron chi connectivity index (χ0n) is 25.8. The Morgan fingerprint density at radius 3 is 2.44 bits per heavy atom. The van der Waals surface area contributed by atoms with Crippen molar-refractivity contribution in [3.63, 3.8) is 0 Å². The first-order chi connectivity index (χ1) is 20.1. The Labute approximate surface area is 253 Å². The number of carbonyl (C=O) groups excluding carboxylic acids is 2. The number of hydrogen-bond donors (Lipinski definition) is 3. The summed E-state index contributed by atoms with van der Waals surface area (Å²) in [6.45, 7) is 12.0. The minimum absolute atomic E-state index is 0.198. The monoisotopic (exact) mass is 613 g/mol. The summed E-state index contributed by atoms with van der Waals surface area (Å²) in [5.41, 5.74) is 1.50. The van der Waals surface area contributed by atoms with Gasteiger partial charge in [0.2, 0.25) is 0 Å². The molecule has 0 saturated carbocycles. The summed E-state index contributed by atoms with van der Waals surface area (Å²) in [6, 6.07) is 5.86. The number of nitrogens with one attached hydrogen (secondary N) is 3. The zero-order valence-corrected chi connectivity index (χ0v) is 26.6. The number of aryl methyl sites for hydroxylation is 1. The molecule has 1 aromatic heterocycles. The molecule has 2 amide bonds. The average molecular weight is 614 g/mol. The fraction of sp³-hybridized carbons (Fsp3) is 0.467. The third kappa shape index (κ3) is 6.98. The van der Waals surface area contributed by atoms with Crippen molar-refractivity contribution in [2.75, 3.05) is 34.9 Å². The Bertz CT molecular complexity index is 1570. The molecule has 3 aromatic rings. The summed E-state index contributed by atoms with van der Waals surface area (Å²) >= 11 is 0. The molecule has 232 valence electrons. The molecule has 2 unspecified atom stereocenters. The molecule has 1 aliphatic heterocycles. The number of hydrogen-bond acceptors (Lipinski definition) is 8. The van der Waals surface area contributed by atoms with E-state index in [1.807, 2.05) is 34.6 Å². The summed E-state index contributed by atoms with van der Waals surface area (Å²) in [6.07, 6.45) is 3.99. The van der Waals surface area contributed by atoms with E-state index in [-0.39, 0.29) is 34.9 Å². The SMILES string of the molecule is CC(Nc1c(C(=O)Nc2cc(F)c3nn(C)cc3c2)ccc(N2C[C@@H](C)N(C(=O)OC(C)(C)C)[C@@H](C)C2)c1C=N)S(C)=O. The Hall–Kier alpha value is -4.00. The molecule has 0 spiro atoms. The lowest BCUT2D eigenvalue weighted by Crippen LogP contribution is -2.59. The molecule has 43 heavy (non-hydrogen) atoms. The number of piperazine rings is 1. The van der Waals surface area contributed by atoms with Crippen LogP contribution in [-0.4, -0.2) is 79.5 Å². The van der Waals surface area contributed by atoms with E-state index in [4.69, 9.17) is 10.1 Å². The van der Waals surface area contributed by atoms with Gasteiger partial charge in [0.25, 0.3) is 5.91 Å². The molecule has 1 saturated heterocycles. The highest BCUT2D eigenvalue weighted by atomic mass is 32.2. The van der Waals surface area contributed by atoms with Crippen LogP contribution < -0.4 is 15.5 Å². The van der Waals surface area contributed by atoms with Crippen LogP contribution in [0.3, 0.4) is 0 Å². The van der Waals surface area contributed by atoms with E-state index >= 15 is 0 Å². The third-order valence-electron chi connectivity index (χ3n) is 7.26. The van der Waals surface area contributed by atoms with Crippen molar-refractivity contribution in [1.82, 2.24) is 14.7 Å². The van der Waals surface area contributed by atoms with Gasteiger partial charge < -0.3 is 25.7 Å². The van der Waals surface area contributed by atoms with Crippen LogP contribution in [0.2, 0.25) is 0 Å². The maximum Gasteiger partial charge on any atom is 0.410 e. The van der Waals surface area contributed by atoms with E-state index in [9.17, 15) is 18.2 Å². The van der Waals surface area contributed by atoms with Crippen LogP contribution in [-0.2, 0) is 22.6 Å². The number of amides is 2. The fourth-order valence-electron chi connectivity index (χ4n) is 5.34. The number of aromatic nitrogens is 2. The number of halogens is 1. The lowest BCUT2D eigenvalue weighted by atomic mass is 10.0. The largest absolute Gasteiger partial charge is 0.444 e. The van der Waals surface area contributed by atoms with Crippen molar-refractivity contribution < 1.29 is 22.9 Å². The molecule has 0 bridgehead atoms. The first kappa shape index (κ1) is 31.9. The molecule has 0 aliphatic carbocycles. The van der Waals surface area contributed by atoms with Gasteiger partial charge >= 0.3 is 6.09 Å². The van der Waals surface area contributed by atoms with Crippen molar-refractivity contribution in [2.24, 2.45) is 7.05 Å². The van der Waals surface area contributed by atoms with Crippen molar-refractivity contribution in [3.8, 4) is 0 Å². The lowest BCUT2D eigenvalue weighted by molar-refractivity contribution is 0.00564. The Morgan fingerprint density at radius 2 is 1.86 bits per heavy atom. The van der Waals surface area contributed by atoms with Gasteiger partial charge in [-0.1, -0.05) is 0 Å². The van der Waals surface area contributed by atoms with Crippen LogP contribution in [0.1, 0.15) is 57.5 Å². The van der Waals surface area contributed by atoms with Crippen LogP contribution in [0.25, 0.3) is 10.9 Å². The van der Waals surface area contributed by atoms with Crippen LogP contribution in [0.4, 0.5) is 26.2 Å². The highest BCUT2D eigenvalue weighted by Gasteiger charge is 2.36. The van der Waals surface area contributed by atoms with Gasteiger partial charge in [0, 0.05) is 71.9 Å². The summed E-state index contributed by atoms with van der Waals surface area (Å²) < 4.78 is 34.2. The topological polar surface area (TPSA) is 133 Å². The number of fused-ring (bicyclic) bond motifs is 1. The number of benzene rings is 2. The van der Waals surface area contributed by atoms with Crippen molar-refractivity contribution >= 4 is 57.0 Å². The zero-order chi connectivity index (χ0) is 31.8. The highest BCUT2D eigenvalue weighted by Crippen LogP contribution is 2.34. The predicted octanol–water partition coefficient (Wildman–Crippen LogP) is 4.93. The van der Waals surface area contributed by atoms with E-state index in [0.717, 1.165) is 6.21 Å². The Kier molecular flexibility index (Phi) is 9.14. The number of ether oxygens (including phenoxy) is 1. The molecule has 4 atom stereocenters. The molecule has 1 fully saturated rings. The second kappa shape index (κ2) is 12.3. The van der Waals surface area contributed by atoms with Crippen LogP contribution in [0.5, 0.6) is 0 Å². The van der Waals surface area contributed by atoms with Gasteiger partial charge in [0.1, 0.15) is 11.1 Å². The first-order valence-electron chi connectivity index (χ1n) is 14.1. The Balaban J connectivity index is 1.69. The van der Waals surface area contributed by atoms with E-state index < -0.39 is 33.5 Å². The van der Waals surface area contributed by atoms with Gasteiger partial charge in [-0.25, -0.2) is 9.18 Å². The van der Waals surface area contributed by atoms with Gasteiger partial charge in [-0.3, -0.25) is 18.6 Å². The first-order valence-corrected chi connectivity index (χ1v) is 15.7. The molecule has 4 rings (SSSR count). The van der Waals surface area contributed by atoms with Crippen LogP contribution in [0, 0.1) is 11.2 Å². The molecule has 2 heterocycles. The second-order valence-electron chi connectivity index (χ2n) is 12.0. The standard InChI is InChI=1S/C30H40FN7O4S/c1-17-14-37(15-18(2)38(17)29(40)42-30(4,5)6)25-10-9-22(27(23(25)13-32)33-19(3)43(8)41)28(39)34-21-11-20-16-36(7)35-26(20)24(31)12-21/h9-13,16-19,32-33H,14-15H2,1-8H3,(H,34,39)/t17-,18+,19?,43?. The molecule has 11 nitrogen and oxygen atoms in total. The van der Waals surface area contributed by atoms with E-state index in [2.05, 4.69) is 20.6 Å². The van der Waals surface area contributed by atoms with Crippen LogP contribution in [0.15, 0.2) is 30.5 Å². The number of rotatable bonds is 7. The lowest BCUT2D eigenvalue weighted by Gasteiger charge is -2.45. The quantitative estimate of drug-likeness (QED) is 0.322. The van der Waals surface area contributed by atoms with Gasteiger partial charge in [-0.2, -0.15) is 5.10 Å². The van der Waals surface area contributed by atoms with E-state index in [0.29, 0.717) is 35.4 Å². The third-order valence-corrected chi connectivity index (χ3v) is 8.37. The molecular formula is C30H40FN7O4S. The van der Waals surface area contributed by atoms with Gasteiger partial charge in [-0.15, -0.1) is 0 Å². The maximum atomic E-state index is 14.7. The molecule has 3 N–H and O–H groups in total. The number of carbonyl (C=O) groups is 2. The molecule has 1 aliphatic rings. The van der Waals surface area contributed by atoms with Crippen molar-refractivity contribution in [2.45, 2.75) is 64.6 Å². The van der Waals surface area contributed by atoms with E-state index in [1.54, 1.807) is 49.5 Å². The number of anilines is 3. The molecular weight excluding hydrogens is 573 g/mol. The van der Waals surface area contributed by atoms with Gasteiger partial charge in [-0.05, 0) is 65.8 Å². The average Bonchev–Trinajstić information content (AvgIpc) is 3.27. The minimum Gasteiger partial charge on any atom is -0.444 e. The molecule has 2 aromatic carbocycles. The van der Waals surface area contributed by atoms with Crippen molar-refractivity contribution in [3.05, 3.63) is 47.4 Å². The summed E-state index contributed by atoms with van der Waals surface area (Å²) in [7, 11) is 0.401. The van der Waals surface area contributed by atoms with Gasteiger partial charge in [0.05, 0.1) is 28.7 Å². The van der Waals surface area contributed by atoms with Crippen LogP contribution >= 0.6 is 0 Å². The maximum absolute atomic E-state index is 14.7.